The van der Waals surface area contributed by atoms with E-state index >= 15 is 0 Å². The van der Waals surface area contributed by atoms with Gasteiger partial charge in [0.2, 0.25) is 5.91 Å². The van der Waals surface area contributed by atoms with Gasteiger partial charge in [0.25, 0.3) is 5.91 Å². The van der Waals surface area contributed by atoms with Gasteiger partial charge in [-0.05, 0) is 36.8 Å². The maximum Gasteiger partial charge on any atom is 0.254 e. The Morgan fingerprint density at radius 3 is 2.48 bits per heavy atom. The summed E-state index contributed by atoms with van der Waals surface area (Å²) in [5.74, 6) is -0.715. The van der Waals surface area contributed by atoms with Gasteiger partial charge in [0.1, 0.15) is 5.82 Å². The Morgan fingerprint density at radius 1 is 1.11 bits per heavy atom. The first-order chi connectivity index (χ1) is 12.9. The summed E-state index contributed by atoms with van der Waals surface area (Å²) in [7, 11) is 0. The molecule has 2 aromatic carbocycles. The molecule has 3 rings (SSSR count). The van der Waals surface area contributed by atoms with Crippen molar-refractivity contribution < 1.29 is 14.0 Å². The fourth-order valence-corrected chi connectivity index (χ4v) is 3.16. The summed E-state index contributed by atoms with van der Waals surface area (Å²) < 4.78 is 13.7. The molecule has 0 aliphatic carbocycles. The van der Waals surface area contributed by atoms with E-state index in [1.54, 1.807) is 48.2 Å². The summed E-state index contributed by atoms with van der Waals surface area (Å²) in [6.07, 6.45) is 0. The summed E-state index contributed by atoms with van der Waals surface area (Å²) in [5, 5.41) is 3.29. The maximum atomic E-state index is 13.7. The predicted molar refractivity (Wildman–Crippen MR) is 104 cm³/mol. The quantitative estimate of drug-likeness (QED) is 0.873. The van der Waals surface area contributed by atoms with E-state index in [2.05, 4.69) is 5.32 Å². The van der Waals surface area contributed by atoms with Crippen molar-refractivity contribution in [1.29, 1.82) is 0 Å². The lowest BCUT2D eigenvalue weighted by atomic mass is 10.1. The van der Waals surface area contributed by atoms with Crippen LogP contribution in [0.5, 0.6) is 0 Å². The SMILES string of the molecule is Cc1ccc(C(=O)N2CCN(CC(=O)Nc3ccccc3Cl)CC2)cc1F. The van der Waals surface area contributed by atoms with Crippen molar-refractivity contribution in [2.24, 2.45) is 0 Å². The molecule has 5 nitrogen and oxygen atoms in total. The van der Waals surface area contributed by atoms with E-state index in [0.717, 1.165) is 0 Å². The number of rotatable bonds is 4. The van der Waals surface area contributed by atoms with Gasteiger partial charge in [-0.25, -0.2) is 4.39 Å². The molecule has 27 heavy (non-hydrogen) atoms. The summed E-state index contributed by atoms with van der Waals surface area (Å²) >= 11 is 6.04. The van der Waals surface area contributed by atoms with Crippen LogP contribution in [0, 0.1) is 12.7 Å². The van der Waals surface area contributed by atoms with Crippen molar-refractivity contribution >= 4 is 29.1 Å². The molecule has 0 bridgehead atoms. The van der Waals surface area contributed by atoms with E-state index in [4.69, 9.17) is 11.6 Å². The monoisotopic (exact) mass is 389 g/mol. The first-order valence-electron chi connectivity index (χ1n) is 8.76. The van der Waals surface area contributed by atoms with Gasteiger partial charge in [-0.15, -0.1) is 0 Å². The lowest BCUT2D eigenvalue weighted by Crippen LogP contribution is -2.50. The fraction of sp³-hybridized carbons (Fsp3) is 0.300. The molecule has 7 heteroatoms. The van der Waals surface area contributed by atoms with Crippen molar-refractivity contribution in [3.05, 3.63) is 64.4 Å². The van der Waals surface area contributed by atoms with Crippen LogP contribution in [0.4, 0.5) is 10.1 Å². The molecule has 2 amide bonds. The lowest BCUT2D eigenvalue weighted by molar-refractivity contribution is -0.117. The van der Waals surface area contributed by atoms with E-state index in [0.29, 0.717) is 48.0 Å². The zero-order valence-corrected chi connectivity index (χ0v) is 15.8. The summed E-state index contributed by atoms with van der Waals surface area (Å²) in [6, 6.07) is 11.6. The highest BCUT2D eigenvalue weighted by Gasteiger charge is 2.23. The zero-order chi connectivity index (χ0) is 19.4. The Hall–Kier alpha value is -2.44. The van der Waals surface area contributed by atoms with Crippen molar-refractivity contribution in [3.63, 3.8) is 0 Å². The van der Waals surface area contributed by atoms with Crippen LogP contribution in [0.1, 0.15) is 15.9 Å². The number of halogens is 2. The Bertz CT molecular complexity index is 851. The molecule has 0 aromatic heterocycles. The molecule has 142 valence electrons. The van der Waals surface area contributed by atoms with Gasteiger partial charge in [-0.2, -0.15) is 0 Å². The standard InChI is InChI=1S/C20H21ClFN3O2/c1-14-6-7-15(12-17(14)22)20(27)25-10-8-24(9-11-25)13-19(26)23-18-5-3-2-4-16(18)21/h2-7,12H,8-11,13H2,1H3,(H,23,26). The molecule has 1 aliphatic rings. The molecule has 1 saturated heterocycles. The van der Waals surface area contributed by atoms with Gasteiger partial charge in [0.05, 0.1) is 17.3 Å². The molecule has 0 saturated carbocycles. The largest absolute Gasteiger partial charge is 0.336 e. The third kappa shape index (κ3) is 4.84. The third-order valence-electron chi connectivity index (χ3n) is 4.59. The van der Waals surface area contributed by atoms with Crippen LogP contribution < -0.4 is 5.32 Å². The number of para-hydroxylation sites is 1. The second kappa shape index (κ2) is 8.50. The number of nitrogens with zero attached hydrogens (tertiary/aromatic N) is 2. The van der Waals surface area contributed by atoms with Crippen molar-refractivity contribution in [1.82, 2.24) is 9.80 Å². The number of amides is 2. The number of benzene rings is 2. The van der Waals surface area contributed by atoms with E-state index in [9.17, 15) is 14.0 Å². The average Bonchev–Trinajstić information content (AvgIpc) is 2.66. The van der Waals surface area contributed by atoms with Gasteiger partial charge in [0.15, 0.2) is 0 Å². The highest BCUT2D eigenvalue weighted by atomic mass is 35.5. The maximum absolute atomic E-state index is 13.7. The van der Waals surface area contributed by atoms with Gasteiger partial charge >= 0.3 is 0 Å². The average molecular weight is 390 g/mol. The minimum Gasteiger partial charge on any atom is -0.336 e. The summed E-state index contributed by atoms with van der Waals surface area (Å²) in [6.45, 7) is 4.04. The van der Waals surface area contributed by atoms with Gasteiger partial charge in [-0.3, -0.25) is 14.5 Å². The topological polar surface area (TPSA) is 52.7 Å². The number of hydrogen-bond acceptors (Lipinski definition) is 3. The molecule has 0 unspecified atom stereocenters. The smallest absolute Gasteiger partial charge is 0.254 e. The number of carbonyl (C=O) groups excluding carboxylic acids is 2. The molecule has 2 aromatic rings. The lowest BCUT2D eigenvalue weighted by Gasteiger charge is -2.34. The highest BCUT2D eigenvalue weighted by molar-refractivity contribution is 6.33. The van der Waals surface area contributed by atoms with Crippen LogP contribution in [0.2, 0.25) is 5.02 Å². The number of carbonyl (C=O) groups is 2. The first kappa shape index (κ1) is 19.3. The van der Waals surface area contributed by atoms with Crippen LogP contribution in [0.3, 0.4) is 0 Å². The molecule has 0 atom stereocenters. The van der Waals surface area contributed by atoms with Crippen LogP contribution in [-0.4, -0.2) is 54.3 Å². The second-order valence-electron chi connectivity index (χ2n) is 6.56. The van der Waals surface area contributed by atoms with E-state index in [1.165, 1.54) is 6.07 Å². The minimum atomic E-state index is -0.379. The van der Waals surface area contributed by atoms with E-state index in [1.807, 2.05) is 4.90 Å². The van der Waals surface area contributed by atoms with Gasteiger partial charge < -0.3 is 10.2 Å². The Balaban J connectivity index is 1.51. The number of nitrogens with one attached hydrogen (secondary N) is 1. The second-order valence-corrected chi connectivity index (χ2v) is 6.97. The molecule has 0 spiro atoms. The van der Waals surface area contributed by atoms with Crippen LogP contribution in [-0.2, 0) is 4.79 Å². The molecule has 1 aliphatic heterocycles. The Morgan fingerprint density at radius 2 is 1.81 bits per heavy atom. The minimum absolute atomic E-state index is 0.150. The highest BCUT2D eigenvalue weighted by Crippen LogP contribution is 2.20. The number of anilines is 1. The summed E-state index contributed by atoms with van der Waals surface area (Å²) in [4.78, 5) is 28.4. The fourth-order valence-electron chi connectivity index (χ4n) is 2.97. The van der Waals surface area contributed by atoms with Crippen LogP contribution in [0.25, 0.3) is 0 Å². The first-order valence-corrected chi connectivity index (χ1v) is 9.14. The van der Waals surface area contributed by atoms with E-state index < -0.39 is 0 Å². The van der Waals surface area contributed by atoms with Gasteiger partial charge in [-0.1, -0.05) is 29.8 Å². The molecular weight excluding hydrogens is 369 g/mol. The Kier molecular flexibility index (Phi) is 6.08. The predicted octanol–water partition coefficient (Wildman–Crippen LogP) is 3.18. The van der Waals surface area contributed by atoms with Gasteiger partial charge in [0, 0.05) is 31.7 Å². The van der Waals surface area contributed by atoms with Crippen molar-refractivity contribution in [2.75, 3.05) is 38.0 Å². The number of piperazine rings is 1. The normalized spacial score (nSPS) is 14.9. The van der Waals surface area contributed by atoms with Crippen molar-refractivity contribution in [2.45, 2.75) is 6.92 Å². The summed E-state index contributed by atoms with van der Waals surface area (Å²) in [5.41, 5.74) is 1.45. The molecule has 1 N–H and O–H groups in total. The number of hydrogen-bond donors (Lipinski definition) is 1. The Labute approximate surface area is 162 Å². The van der Waals surface area contributed by atoms with Crippen LogP contribution >= 0.6 is 11.6 Å². The number of aryl methyl sites for hydroxylation is 1. The van der Waals surface area contributed by atoms with Crippen molar-refractivity contribution in [3.8, 4) is 0 Å². The molecule has 0 radical (unpaired) electrons. The molecular formula is C20H21ClFN3O2. The van der Waals surface area contributed by atoms with Crippen LogP contribution in [0.15, 0.2) is 42.5 Å². The molecule has 1 fully saturated rings. The van der Waals surface area contributed by atoms with E-state index in [-0.39, 0.29) is 24.2 Å². The zero-order valence-electron chi connectivity index (χ0n) is 15.0. The third-order valence-corrected chi connectivity index (χ3v) is 4.92. The molecule has 1 heterocycles.